The first-order chi connectivity index (χ1) is 13.2. The lowest BCUT2D eigenvalue weighted by molar-refractivity contribution is -0.149. The first kappa shape index (κ1) is 25.8. The zero-order chi connectivity index (χ0) is 20.0. The summed E-state index contributed by atoms with van der Waals surface area (Å²) in [5.74, 6) is -0.0857. The smallest absolute Gasteiger partial charge is 0.306 e. The molecule has 158 valence electrons. The fraction of sp³-hybridized carbons (Fsp3) is 0.955. The lowest BCUT2D eigenvalue weighted by Gasteiger charge is -2.17. The summed E-state index contributed by atoms with van der Waals surface area (Å²) >= 11 is 0. The SMILES string of the molecule is CCCCCCCCCCCC(=O)OC(CCCCCCC)CCN=[N+]=[N-]. The fourth-order valence-electron chi connectivity index (χ4n) is 3.31. The molecular formula is C22H43N3O2. The molecule has 0 heterocycles. The van der Waals surface area contributed by atoms with E-state index >= 15 is 0 Å². The van der Waals surface area contributed by atoms with E-state index in [1.54, 1.807) is 0 Å². The molecule has 27 heavy (non-hydrogen) atoms. The van der Waals surface area contributed by atoms with Gasteiger partial charge in [0.25, 0.3) is 0 Å². The molecule has 0 bridgehead atoms. The Bertz CT molecular complexity index is 382. The molecule has 0 saturated heterocycles. The van der Waals surface area contributed by atoms with Crippen molar-refractivity contribution in [3.05, 3.63) is 10.4 Å². The van der Waals surface area contributed by atoms with E-state index in [0.717, 1.165) is 25.7 Å². The number of hydrogen-bond donors (Lipinski definition) is 0. The first-order valence-corrected chi connectivity index (χ1v) is 11.4. The van der Waals surface area contributed by atoms with Crippen molar-refractivity contribution in [2.75, 3.05) is 6.54 Å². The largest absolute Gasteiger partial charge is 0.462 e. The quantitative estimate of drug-likeness (QED) is 0.0707. The number of ether oxygens (including phenoxy) is 1. The minimum atomic E-state index is -0.0943. The number of nitrogens with zero attached hydrogens (tertiary/aromatic N) is 3. The second-order valence-electron chi connectivity index (χ2n) is 7.64. The summed E-state index contributed by atoms with van der Waals surface area (Å²) in [5, 5.41) is 3.59. The summed E-state index contributed by atoms with van der Waals surface area (Å²) in [4.78, 5) is 14.9. The minimum Gasteiger partial charge on any atom is -0.462 e. The molecule has 5 heteroatoms. The number of azide groups is 1. The molecule has 0 saturated carbocycles. The first-order valence-electron chi connectivity index (χ1n) is 11.4. The van der Waals surface area contributed by atoms with E-state index in [9.17, 15) is 4.79 Å². The molecule has 0 aliphatic heterocycles. The van der Waals surface area contributed by atoms with E-state index in [2.05, 4.69) is 23.9 Å². The third kappa shape index (κ3) is 19.3. The van der Waals surface area contributed by atoms with Gasteiger partial charge in [-0.1, -0.05) is 96.0 Å². The van der Waals surface area contributed by atoms with Crippen molar-refractivity contribution < 1.29 is 9.53 Å². The van der Waals surface area contributed by atoms with Gasteiger partial charge >= 0.3 is 5.97 Å². The normalized spacial score (nSPS) is 11.8. The molecule has 1 unspecified atom stereocenters. The van der Waals surface area contributed by atoms with Crippen LogP contribution in [0.4, 0.5) is 0 Å². The molecule has 0 aliphatic carbocycles. The molecule has 0 N–H and O–H groups in total. The topological polar surface area (TPSA) is 75.1 Å². The fourth-order valence-corrected chi connectivity index (χ4v) is 3.31. The summed E-state index contributed by atoms with van der Waals surface area (Å²) in [5.41, 5.74) is 8.43. The standard InChI is InChI=1S/C22H43N3O2/c1-3-5-7-9-10-11-12-14-16-18-22(26)27-21(19-20-24-25-23)17-15-13-8-6-4-2/h21H,3-20H2,1-2H3. The third-order valence-electron chi connectivity index (χ3n) is 5.03. The number of carbonyl (C=O) groups excluding carboxylic acids is 1. The summed E-state index contributed by atoms with van der Waals surface area (Å²) in [6.45, 7) is 4.85. The monoisotopic (exact) mass is 381 g/mol. The Labute approximate surface area is 167 Å². The van der Waals surface area contributed by atoms with E-state index in [1.165, 1.54) is 70.6 Å². The van der Waals surface area contributed by atoms with E-state index in [1.807, 2.05) is 0 Å². The van der Waals surface area contributed by atoms with Crippen LogP contribution in [0.15, 0.2) is 5.11 Å². The van der Waals surface area contributed by atoms with Gasteiger partial charge in [-0.25, -0.2) is 0 Å². The summed E-state index contributed by atoms with van der Waals surface area (Å²) in [6.07, 6.45) is 19.2. The van der Waals surface area contributed by atoms with E-state index < -0.39 is 0 Å². The van der Waals surface area contributed by atoms with Gasteiger partial charge in [0.15, 0.2) is 0 Å². The van der Waals surface area contributed by atoms with Crippen molar-refractivity contribution in [2.24, 2.45) is 5.11 Å². The summed E-state index contributed by atoms with van der Waals surface area (Å²) < 4.78 is 5.65. The average molecular weight is 382 g/mol. The third-order valence-corrected chi connectivity index (χ3v) is 5.03. The molecule has 0 fully saturated rings. The maximum Gasteiger partial charge on any atom is 0.306 e. The maximum atomic E-state index is 12.1. The molecule has 0 amide bonds. The molecule has 0 aromatic rings. The molecule has 0 rings (SSSR count). The molecule has 5 nitrogen and oxygen atoms in total. The van der Waals surface area contributed by atoms with Gasteiger partial charge in [0.05, 0.1) is 0 Å². The van der Waals surface area contributed by atoms with Gasteiger partial charge in [0.2, 0.25) is 0 Å². The van der Waals surface area contributed by atoms with Crippen LogP contribution < -0.4 is 0 Å². The second-order valence-corrected chi connectivity index (χ2v) is 7.64. The Kier molecular flexibility index (Phi) is 20.1. The van der Waals surface area contributed by atoms with E-state index in [-0.39, 0.29) is 12.1 Å². The Hall–Kier alpha value is -1.22. The van der Waals surface area contributed by atoms with Gasteiger partial charge in [-0.2, -0.15) is 0 Å². The van der Waals surface area contributed by atoms with Crippen molar-refractivity contribution in [1.82, 2.24) is 0 Å². The number of rotatable bonds is 20. The van der Waals surface area contributed by atoms with Crippen LogP contribution in [-0.2, 0) is 9.53 Å². The lowest BCUT2D eigenvalue weighted by atomic mass is 10.1. The average Bonchev–Trinajstić information content (AvgIpc) is 2.66. The highest BCUT2D eigenvalue weighted by atomic mass is 16.5. The van der Waals surface area contributed by atoms with E-state index in [4.69, 9.17) is 10.3 Å². The lowest BCUT2D eigenvalue weighted by Crippen LogP contribution is -2.19. The van der Waals surface area contributed by atoms with Crippen LogP contribution in [0.2, 0.25) is 0 Å². The van der Waals surface area contributed by atoms with Gasteiger partial charge in [0.1, 0.15) is 6.10 Å². The predicted octanol–water partition coefficient (Wildman–Crippen LogP) is 7.88. The Morgan fingerprint density at radius 2 is 1.33 bits per heavy atom. The van der Waals surface area contributed by atoms with Crippen LogP contribution in [0.5, 0.6) is 0 Å². The molecule has 0 spiro atoms. The zero-order valence-electron chi connectivity index (χ0n) is 18.0. The van der Waals surface area contributed by atoms with Crippen molar-refractivity contribution in [3.8, 4) is 0 Å². The highest BCUT2D eigenvalue weighted by Gasteiger charge is 2.13. The molecule has 0 aromatic carbocycles. The molecule has 1 atom stereocenters. The maximum absolute atomic E-state index is 12.1. The molecular weight excluding hydrogens is 338 g/mol. The highest BCUT2D eigenvalue weighted by molar-refractivity contribution is 5.69. The van der Waals surface area contributed by atoms with Crippen LogP contribution in [0, 0.1) is 0 Å². The molecule has 0 aromatic heterocycles. The van der Waals surface area contributed by atoms with Crippen molar-refractivity contribution in [3.63, 3.8) is 0 Å². The number of carbonyl (C=O) groups is 1. The van der Waals surface area contributed by atoms with Gasteiger partial charge < -0.3 is 4.74 Å². The number of unbranched alkanes of at least 4 members (excludes halogenated alkanes) is 12. The number of esters is 1. The van der Waals surface area contributed by atoms with Crippen LogP contribution in [-0.4, -0.2) is 18.6 Å². The van der Waals surface area contributed by atoms with Gasteiger partial charge in [-0.15, -0.1) is 0 Å². The van der Waals surface area contributed by atoms with Crippen molar-refractivity contribution in [2.45, 2.75) is 129 Å². The van der Waals surface area contributed by atoms with Gasteiger partial charge in [0, 0.05) is 17.9 Å². The Morgan fingerprint density at radius 1 is 0.815 bits per heavy atom. The van der Waals surface area contributed by atoms with E-state index in [0.29, 0.717) is 19.4 Å². The molecule has 0 radical (unpaired) electrons. The highest BCUT2D eigenvalue weighted by Crippen LogP contribution is 2.15. The van der Waals surface area contributed by atoms with Crippen LogP contribution in [0.3, 0.4) is 0 Å². The number of hydrogen-bond acceptors (Lipinski definition) is 3. The van der Waals surface area contributed by atoms with Crippen LogP contribution >= 0.6 is 0 Å². The zero-order valence-corrected chi connectivity index (χ0v) is 18.0. The van der Waals surface area contributed by atoms with Crippen molar-refractivity contribution in [1.29, 1.82) is 0 Å². The Balaban J connectivity index is 3.83. The van der Waals surface area contributed by atoms with Crippen LogP contribution in [0.25, 0.3) is 10.4 Å². The Morgan fingerprint density at radius 3 is 1.89 bits per heavy atom. The minimum absolute atomic E-state index is 0.0857. The predicted molar refractivity (Wildman–Crippen MR) is 114 cm³/mol. The van der Waals surface area contributed by atoms with Gasteiger partial charge in [-0.05, 0) is 31.2 Å². The van der Waals surface area contributed by atoms with Crippen LogP contribution in [0.1, 0.15) is 123 Å². The van der Waals surface area contributed by atoms with Gasteiger partial charge in [-0.3, -0.25) is 4.79 Å². The summed E-state index contributed by atoms with van der Waals surface area (Å²) in [7, 11) is 0. The molecule has 0 aliphatic rings. The second kappa shape index (κ2) is 21.1. The summed E-state index contributed by atoms with van der Waals surface area (Å²) in [6, 6.07) is 0. The van der Waals surface area contributed by atoms with Crippen molar-refractivity contribution >= 4 is 5.97 Å².